The highest BCUT2D eigenvalue weighted by Gasteiger charge is 2.39. The second kappa shape index (κ2) is 5.86. The number of imide groups is 1. The third-order valence-electron chi connectivity index (χ3n) is 5.25. The molecule has 2 aromatic rings. The van der Waals surface area contributed by atoms with Crippen molar-refractivity contribution in [1.29, 1.82) is 0 Å². The van der Waals surface area contributed by atoms with Gasteiger partial charge in [0.15, 0.2) is 0 Å². The Morgan fingerprint density at radius 2 is 1.54 bits per heavy atom. The van der Waals surface area contributed by atoms with Gasteiger partial charge in [0.2, 0.25) is 0 Å². The van der Waals surface area contributed by atoms with Gasteiger partial charge < -0.3 is 0 Å². The van der Waals surface area contributed by atoms with Crippen LogP contribution in [0.4, 0.5) is 4.39 Å². The van der Waals surface area contributed by atoms with Crippen LogP contribution in [0.1, 0.15) is 51.5 Å². The Morgan fingerprint density at radius 3 is 2.17 bits per heavy atom. The number of carbonyl (C=O) groups excluding carboxylic acids is 2. The van der Waals surface area contributed by atoms with E-state index in [9.17, 15) is 14.0 Å². The average molecular weight is 323 g/mol. The first-order valence-corrected chi connectivity index (χ1v) is 8.36. The fourth-order valence-corrected chi connectivity index (χ4v) is 4.04. The number of benzene rings is 2. The molecule has 2 aromatic carbocycles. The maximum atomic E-state index is 13.2. The number of halogens is 1. The Kier molecular flexibility index (Phi) is 3.68. The number of rotatable bonds is 3. The van der Waals surface area contributed by atoms with Crippen molar-refractivity contribution < 1.29 is 14.0 Å². The van der Waals surface area contributed by atoms with E-state index in [2.05, 4.69) is 0 Å². The molecular weight excluding hydrogens is 305 g/mol. The summed E-state index contributed by atoms with van der Waals surface area (Å²) in [4.78, 5) is 26.5. The molecule has 1 aliphatic carbocycles. The van der Waals surface area contributed by atoms with Crippen LogP contribution in [-0.4, -0.2) is 23.3 Å². The molecule has 1 saturated carbocycles. The molecule has 3 nitrogen and oxygen atoms in total. The maximum Gasteiger partial charge on any atom is 0.261 e. The predicted molar refractivity (Wildman–Crippen MR) is 88.3 cm³/mol. The van der Waals surface area contributed by atoms with E-state index in [1.165, 1.54) is 17.0 Å². The van der Waals surface area contributed by atoms with E-state index < -0.39 is 0 Å². The van der Waals surface area contributed by atoms with Gasteiger partial charge in [-0.2, -0.15) is 0 Å². The lowest BCUT2D eigenvalue weighted by Crippen LogP contribution is -2.35. The molecule has 2 amide bonds. The maximum absolute atomic E-state index is 13.2. The van der Waals surface area contributed by atoms with Gasteiger partial charge in [-0.25, -0.2) is 4.39 Å². The van der Waals surface area contributed by atoms with Crippen molar-refractivity contribution in [2.24, 2.45) is 5.92 Å². The molecule has 4 heteroatoms. The minimum atomic E-state index is -0.242. The molecule has 0 bridgehead atoms. The first kappa shape index (κ1) is 15.1. The zero-order valence-corrected chi connectivity index (χ0v) is 13.2. The monoisotopic (exact) mass is 323 g/mol. The van der Waals surface area contributed by atoms with Gasteiger partial charge >= 0.3 is 0 Å². The normalized spacial score (nSPS) is 23.0. The van der Waals surface area contributed by atoms with Gasteiger partial charge in [-0.15, -0.1) is 0 Å². The molecule has 1 heterocycles. The van der Waals surface area contributed by atoms with Crippen LogP contribution in [0.15, 0.2) is 48.5 Å². The molecule has 1 fully saturated rings. The Balaban J connectivity index is 1.56. The SMILES string of the molecule is O=C1c2ccccc2C(=O)N1C[C@@H]1CCC[C@H]1c1ccc(F)cc1. The summed E-state index contributed by atoms with van der Waals surface area (Å²) < 4.78 is 13.2. The summed E-state index contributed by atoms with van der Waals surface area (Å²) in [5.74, 6) is -0.123. The number of hydrogen-bond acceptors (Lipinski definition) is 2. The van der Waals surface area contributed by atoms with Crippen LogP contribution in [0.3, 0.4) is 0 Å². The third kappa shape index (κ3) is 2.42. The highest BCUT2D eigenvalue weighted by atomic mass is 19.1. The van der Waals surface area contributed by atoms with E-state index in [0.29, 0.717) is 17.7 Å². The van der Waals surface area contributed by atoms with Crippen molar-refractivity contribution in [2.45, 2.75) is 25.2 Å². The summed E-state index contributed by atoms with van der Waals surface area (Å²) in [7, 11) is 0. The Labute approximate surface area is 140 Å². The van der Waals surface area contributed by atoms with Crippen LogP contribution in [0, 0.1) is 11.7 Å². The minimum absolute atomic E-state index is 0.194. The largest absolute Gasteiger partial charge is 0.274 e. The number of nitrogens with zero attached hydrogens (tertiary/aromatic N) is 1. The van der Waals surface area contributed by atoms with E-state index in [0.717, 1.165) is 24.8 Å². The van der Waals surface area contributed by atoms with Crippen molar-refractivity contribution >= 4 is 11.8 Å². The smallest absolute Gasteiger partial charge is 0.261 e. The fraction of sp³-hybridized carbons (Fsp3) is 0.300. The topological polar surface area (TPSA) is 37.4 Å². The van der Waals surface area contributed by atoms with Crippen LogP contribution in [0.5, 0.6) is 0 Å². The van der Waals surface area contributed by atoms with Crippen molar-refractivity contribution in [3.05, 3.63) is 71.0 Å². The van der Waals surface area contributed by atoms with E-state index in [-0.39, 0.29) is 29.5 Å². The van der Waals surface area contributed by atoms with Crippen molar-refractivity contribution in [1.82, 2.24) is 4.90 Å². The molecule has 0 unspecified atom stereocenters. The molecule has 0 N–H and O–H groups in total. The standard InChI is InChI=1S/C20H18FNO2/c21-15-10-8-13(9-11-15)16-7-3-4-14(16)12-22-19(23)17-5-1-2-6-18(17)20(22)24/h1-2,5-6,8-11,14,16H,3-4,7,12H2/t14-,16-/m0/s1. The van der Waals surface area contributed by atoms with Gasteiger partial charge in [0, 0.05) is 6.54 Å². The Bertz CT molecular complexity index is 765. The fourth-order valence-electron chi connectivity index (χ4n) is 4.04. The lowest BCUT2D eigenvalue weighted by molar-refractivity contribution is 0.0625. The third-order valence-corrected chi connectivity index (χ3v) is 5.25. The summed E-state index contributed by atoms with van der Waals surface area (Å²) in [6.07, 6.45) is 3.06. The number of hydrogen-bond donors (Lipinski definition) is 0. The van der Waals surface area contributed by atoms with Gasteiger partial charge in [-0.05, 0) is 54.5 Å². The highest BCUT2D eigenvalue weighted by Crippen LogP contribution is 2.41. The van der Waals surface area contributed by atoms with Crippen LogP contribution in [0.25, 0.3) is 0 Å². The first-order chi connectivity index (χ1) is 11.6. The second-order valence-electron chi connectivity index (χ2n) is 6.62. The number of amides is 2. The van der Waals surface area contributed by atoms with Gasteiger partial charge in [0.05, 0.1) is 11.1 Å². The van der Waals surface area contributed by atoms with Crippen LogP contribution < -0.4 is 0 Å². The molecule has 0 radical (unpaired) electrons. The summed E-state index contributed by atoms with van der Waals surface area (Å²) in [6.45, 7) is 0.439. The lowest BCUT2D eigenvalue weighted by Gasteiger charge is -2.24. The first-order valence-electron chi connectivity index (χ1n) is 8.36. The van der Waals surface area contributed by atoms with Gasteiger partial charge in [0.1, 0.15) is 5.82 Å². The Morgan fingerprint density at radius 1 is 0.917 bits per heavy atom. The molecule has 0 spiro atoms. The minimum Gasteiger partial charge on any atom is -0.274 e. The molecular formula is C20H18FNO2. The quantitative estimate of drug-likeness (QED) is 0.801. The molecule has 1 aliphatic heterocycles. The summed E-state index contributed by atoms with van der Waals surface area (Å²) in [5, 5.41) is 0. The molecule has 0 saturated heterocycles. The van der Waals surface area contributed by atoms with Gasteiger partial charge in [-0.1, -0.05) is 30.7 Å². The molecule has 0 aromatic heterocycles. The second-order valence-corrected chi connectivity index (χ2v) is 6.62. The van der Waals surface area contributed by atoms with E-state index >= 15 is 0 Å². The van der Waals surface area contributed by atoms with Gasteiger partial charge in [0.25, 0.3) is 11.8 Å². The van der Waals surface area contributed by atoms with Crippen LogP contribution in [0.2, 0.25) is 0 Å². The van der Waals surface area contributed by atoms with Gasteiger partial charge in [-0.3, -0.25) is 14.5 Å². The van der Waals surface area contributed by atoms with Crippen molar-refractivity contribution in [3.8, 4) is 0 Å². The lowest BCUT2D eigenvalue weighted by atomic mass is 9.88. The Hall–Kier alpha value is -2.49. The molecule has 122 valence electrons. The van der Waals surface area contributed by atoms with Crippen LogP contribution in [-0.2, 0) is 0 Å². The summed E-state index contributed by atoms with van der Waals surface area (Å²) >= 11 is 0. The van der Waals surface area contributed by atoms with E-state index in [4.69, 9.17) is 0 Å². The van der Waals surface area contributed by atoms with Crippen molar-refractivity contribution in [3.63, 3.8) is 0 Å². The molecule has 2 aliphatic rings. The molecule has 2 atom stereocenters. The zero-order valence-electron chi connectivity index (χ0n) is 13.2. The summed E-state index contributed by atoms with van der Waals surface area (Å²) in [5.41, 5.74) is 2.09. The highest BCUT2D eigenvalue weighted by molar-refractivity contribution is 6.21. The number of fused-ring (bicyclic) bond motifs is 1. The predicted octanol–water partition coefficient (Wildman–Crippen LogP) is 4.01. The zero-order chi connectivity index (χ0) is 16.7. The molecule has 4 rings (SSSR count). The average Bonchev–Trinajstić information content (AvgIpc) is 3.15. The number of carbonyl (C=O) groups is 2. The summed E-state index contributed by atoms with van der Waals surface area (Å²) in [6, 6.07) is 13.6. The molecule has 24 heavy (non-hydrogen) atoms. The van der Waals surface area contributed by atoms with Crippen molar-refractivity contribution in [2.75, 3.05) is 6.54 Å². The van der Waals surface area contributed by atoms with Crippen LogP contribution >= 0.6 is 0 Å². The van der Waals surface area contributed by atoms with E-state index in [1.807, 2.05) is 12.1 Å². The van der Waals surface area contributed by atoms with E-state index in [1.54, 1.807) is 24.3 Å².